The van der Waals surface area contributed by atoms with Crippen LogP contribution in [0, 0.1) is 0 Å². The SMILES string of the molecule is CC(=O)c1ccc(-c2ccc(C=NNC(=O)c3cc4ccccc4cc3O)o2)cc1. The lowest BCUT2D eigenvalue weighted by molar-refractivity contribution is 0.0951. The third kappa shape index (κ3) is 3.98. The molecule has 148 valence electrons. The number of ketones is 1. The maximum absolute atomic E-state index is 12.4. The highest BCUT2D eigenvalue weighted by molar-refractivity contribution is 6.01. The van der Waals surface area contributed by atoms with Gasteiger partial charge in [0.15, 0.2) is 5.78 Å². The Bertz CT molecular complexity index is 1270. The Morgan fingerprint density at radius 3 is 2.37 bits per heavy atom. The van der Waals surface area contributed by atoms with Gasteiger partial charge in [-0.25, -0.2) is 5.43 Å². The fraction of sp³-hybridized carbons (Fsp3) is 0.0417. The fourth-order valence-corrected chi connectivity index (χ4v) is 3.07. The molecule has 0 fully saturated rings. The Kier molecular flexibility index (Phi) is 5.13. The highest BCUT2D eigenvalue weighted by atomic mass is 16.3. The second-order valence-electron chi connectivity index (χ2n) is 6.75. The normalized spacial score (nSPS) is 11.1. The lowest BCUT2D eigenvalue weighted by Gasteiger charge is -2.05. The molecule has 6 heteroatoms. The van der Waals surface area contributed by atoms with Crippen LogP contribution in [0.5, 0.6) is 5.75 Å². The quantitative estimate of drug-likeness (QED) is 0.288. The lowest BCUT2D eigenvalue weighted by atomic mass is 10.1. The first-order chi connectivity index (χ1) is 14.5. The minimum atomic E-state index is -0.527. The number of carbonyl (C=O) groups is 2. The number of amides is 1. The van der Waals surface area contributed by atoms with E-state index in [0.717, 1.165) is 16.3 Å². The van der Waals surface area contributed by atoms with E-state index in [4.69, 9.17) is 4.42 Å². The van der Waals surface area contributed by atoms with Crippen LogP contribution in [-0.2, 0) is 0 Å². The molecule has 2 N–H and O–H groups in total. The molecule has 30 heavy (non-hydrogen) atoms. The Balaban J connectivity index is 1.45. The van der Waals surface area contributed by atoms with E-state index in [9.17, 15) is 14.7 Å². The summed E-state index contributed by atoms with van der Waals surface area (Å²) in [6.45, 7) is 1.52. The molecular formula is C24H18N2O4. The molecule has 4 rings (SSSR count). The summed E-state index contributed by atoms with van der Waals surface area (Å²) < 4.78 is 5.70. The summed E-state index contributed by atoms with van der Waals surface area (Å²) in [5.41, 5.74) is 3.99. The van der Waals surface area contributed by atoms with Crippen molar-refractivity contribution in [2.24, 2.45) is 5.10 Å². The van der Waals surface area contributed by atoms with Gasteiger partial charge in [-0.1, -0.05) is 48.5 Å². The smallest absolute Gasteiger partial charge is 0.275 e. The number of Topliss-reactive ketones (excluding diaryl/α,β-unsaturated/α-hetero) is 1. The van der Waals surface area contributed by atoms with Crippen molar-refractivity contribution in [2.75, 3.05) is 0 Å². The number of carbonyl (C=O) groups excluding carboxylic acids is 2. The molecule has 1 amide bonds. The first-order valence-corrected chi connectivity index (χ1v) is 9.27. The summed E-state index contributed by atoms with van der Waals surface area (Å²) in [6, 6.07) is 21.2. The van der Waals surface area contributed by atoms with Gasteiger partial charge in [-0.05, 0) is 42.0 Å². The van der Waals surface area contributed by atoms with E-state index in [0.29, 0.717) is 17.1 Å². The van der Waals surface area contributed by atoms with E-state index < -0.39 is 5.91 Å². The molecule has 3 aromatic carbocycles. The van der Waals surface area contributed by atoms with Gasteiger partial charge in [0.2, 0.25) is 0 Å². The summed E-state index contributed by atoms with van der Waals surface area (Å²) in [5, 5.41) is 15.7. The van der Waals surface area contributed by atoms with Crippen molar-refractivity contribution in [2.45, 2.75) is 6.92 Å². The molecule has 0 aliphatic rings. The largest absolute Gasteiger partial charge is 0.507 e. The Morgan fingerprint density at radius 1 is 0.967 bits per heavy atom. The van der Waals surface area contributed by atoms with Crippen LogP contribution in [0.25, 0.3) is 22.1 Å². The molecule has 0 unspecified atom stereocenters. The second-order valence-corrected chi connectivity index (χ2v) is 6.75. The van der Waals surface area contributed by atoms with Crippen molar-refractivity contribution >= 4 is 28.7 Å². The molecular weight excluding hydrogens is 380 g/mol. The highest BCUT2D eigenvalue weighted by Gasteiger charge is 2.12. The molecule has 0 saturated heterocycles. The van der Waals surface area contributed by atoms with Crippen molar-refractivity contribution in [3.05, 3.63) is 89.7 Å². The number of rotatable bonds is 5. The minimum absolute atomic E-state index is 0.00186. The molecule has 6 nitrogen and oxygen atoms in total. The Labute approximate surface area is 172 Å². The summed E-state index contributed by atoms with van der Waals surface area (Å²) in [7, 11) is 0. The maximum atomic E-state index is 12.4. The van der Waals surface area contributed by atoms with Crippen LogP contribution in [0.4, 0.5) is 0 Å². The van der Waals surface area contributed by atoms with Gasteiger partial charge in [0.1, 0.15) is 17.3 Å². The molecule has 0 spiro atoms. The number of hydrogen-bond donors (Lipinski definition) is 2. The maximum Gasteiger partial charge on any atom is 0.275 e. The predicted octanol–water partition coefficient (Wildman–Crippen LogP) is 4.77. The number of nitrogens with one attached hydrogen (secondary N) is 1. The monoisotopic (exact) mass is 398 g/mol. The molecule has 0 bridgehead atoms. The minimum Gasteiger partial charge on any atom is -0.507 e. The second kappa shape index (κ2) is 8.05. The number of hydrazone groups is 1. The number of hydrogen-bond acceptors (Lipinski definition) is 5. The van der Waals surface area contributed by atoms with Crippen molar-refractivity contribution in [1.82, 2.24) is 5.43 Å². The van der Waals surface area contributed by atoms with Crippen LogP contribution in [0.3, 0.4) is 0 Å². The van der Waals surface area contributed by atoms with Crippen LogP contribution in [-0.4, -0.2) is 23.0 Å². The number of phenolic OH excluding ortho intramolecular Hbond substituents is 1. The van der Waals surface area contributed by atoms with Crippen molar-refractivity contribution in [3.8, 4) is 17.1 Å². The zero-order valence-electron chi connectivity index (χ0n) is 16.1. The van der Waals surface area contributed by atoms with Gasteiger partial charge in [-0.15, -0.1) is 0 Å². The van der Waals surface area contributed by atoms with Gasteiger partial charge >= 0.3 is 0 Å². The fourth-order valence-electron chi connectivity index (χ4n) is 3.07. The molecule has 4 aromatic rings. The Hall–Kier alpha value is -4.19. The van der Waals surface area contributed by atoms with Crippen LogP contribution < -0.4 is 5.43 Å². The van der Waals surface area contributed by atoms with E-state index in [1.807, 2.05) is 24.3 Å². The van der Waals surface area contributed by atoms with Crippen molar-refractivity contribution in [3.63, 3.8) is 0 Å². The molecule has 0 atom stereocenters. The topological polar surface area (TPSA) is 91.9 Å². The van der Waals surface area contributed by atoms with Gasteiger partial charge in [-0.2, -0.15) is 5.10 Å². The van der Waals surface area contributed by atoms with E-state index in [2.05, 4.69) is 10.5 Å². The molecule has 0 radical (unpaired) electrons. The van der Waals surface area contributed by atoms with E-state index >= 15 is 0 Å². The number of fused-ring (bicyclic) bond motifs is 1. The summed E-state index contributed by atoms with van der Waals surface area (Å²) in [4.78, 5) is 23.7. The van der Waals surface area contributed by atoms with Crippen LogP contribution in [0.2, 0.25) is 0 Å². The van der Waals surface area contributed by atoms with Crippen molar-refractivity contribution in [1.29, 1.82) is 0 Å². The molecule has 1 aromatic heterocycles. The standard InChI is InChI=1S/C24H18N2O4/c1-15(27)16-6-8-17(9-7-16)23-11-10-20(30-23)14-25-26-24(29)21-12-18-4-2-3-5-19(18)13-22(21)28/h2-14,28H,1H3,(H,26,29). The van der Waals surface area contributed by atoms with E-state index in [1.54, 1.807) is 48.5 Å². The van der Waals surface area contributed by atoms with E-state index in [-0.39, 0.29) is 17.1 Å². The van der Waals surface area contributed by atoms with Gasteiger partial charge in [0.05, 0.1) is 11.8 Å². The number of nitrogens with zero attached hydrogens (tertiary/aromatic N) is 1. The van der Waals surface area contributed by atoms with Crippen LogP contribution in [0.15, 0.2) is 82.3 Å². The third-order valence-corrected chi connectivity index (χ3v) is 4.67. The average Bonchev–Trinajstić information content (AvgIpc) is 3.22. The molecule has 1 heterocycles. The number of phenols is 1. The first kappa shape index (κ1) is 19.1. The van der Waals surface area contributed by atoms with Gasteiger partial charge in [0, 0.05) is 11.1 Å². The molecule has 0 aliphatic heterocycles. The summed E-state index contributed by atoms with van der Waals surface area (Å²) in [6.07, 6.45) is 1.38. The lowest BCUT2D eigenvalue weighted by Crippen LogP contribution is -2.17. The van der Waals surface area contributed by atoms with E-state index in [1.165, 1.54) is 13.1 Å². The first-order valence-electron chi connectivity index (χ1n) is 9.27. The number of furan rings is 1. The highest BCUT2D eigenvalue weighted by Crippen LogP contribution is 2.25. The zero-order chi connectivity index (χ0) is 21.1. The third-order valence-electron chi connectivity index (χ3n) is 4.67. The zero-order valence-corrected chi connectivity index (χ0v) is 16.1. The number of benzene rings is 3. The van der Waals surface area contributed by atoms with Gasteiger partial charge in [0.25, 0.3) is 5.91 Å². The number of aromatic hydroxyl groups is 1. The Morgan fingerprint density at radius 2 is 1.67 bits per heavy atom. The van der Waals surface area contributed by atoms with Gasteiger partial charge < -0.3 is 9.52 Å². The molecule has 0 aliphatic carbocycles. The summed E-state index contributed by atoms with van der Waals surface area (Å²) >= 11 is 0. The van der Waals surface area contributed by atoms with Gasteiger partial charge in [-0.3, -0.25) is 9.59 Å². The van der Waals surface area contributed by atoms with Crippen molar-refractivity contribution < 1.29 is 19.1 Å². The predicted molar refractivity (Wildman–Crippen MR) is 115 cm³/mol. The van der Waals surface area contributed by atoms with Crippen LogP contribution in [0.1, 0.15) is 33.4 Å². The average molecular weight is 398 g/mol. The molecule has 0 saturated carbocycles. The van der Waals surface area contributed by atoms with Crippen LogP contribution >= 0.6 is 0 Å². The summed E-state index contributed by atoms with van der Waals surface area (Å²) in [5.74, 6) is 0.424.